The smallest absolute Gasteiger partial charge is 0.271 e. The van der Waals surface area contributed by atoms with E-state index in [4.69, 9.17) is 5.73 Å². The molecule has 2 heterocycles. The van der Waals surface area contributed by atoms with E-state index >= 15 is 0 Å². The quantitative estimate of drug-likeness (QED) is 0.365. The molecule has 1 aliphatic heterocycles. The van der Waals surface area contributed by atoms with E-state index in [1.54, 1.807) is 36.4 Å². The van der Waals surface area contributed by atoms with Gasteiger partial charge in [-0.2, -0.15) is 15.4 Å². The number of aromatic amines is 1. The molecule has 0 fully saturated rings. The minimum absolute atomic E-state index is 0.0943. The number of rotatable bonds is 6. The van der Waals surface area contributed by atoms with Crippen LogP contribution >= 0.6 is 0 Å². The number of hydrogen-bond donors (Lipinski definition) is 2. The summed E-state index contributed by atoms with van der Waals surface area (Å²) in [7, 11) is 0. The van der Waals surface area contributed by atoms with Gasteiger partial charge in [-0.05, 0) is 37.1 Å². The van der Waals surface area contributed by atoms with Gasteiger partial charge in [0.2, 0.25) is 0 Å². The number of fused-ring (bicyclic) bond motifs is 1. The molecule has 3 N–H and O–H groups in total. The summed E-state index contributed by atoms with van der Waals surface area (Å²) in [4.78, 5) is 37.3. The lowest BCUT2D eigenvalue weighted by atomic mass is 10.1. The number of benzene rings is 2. The van der Waals surface area contributed by atoms with E-state index in [1.807, 2.05) is 12.1 Å². The van der Waals surface area contributed by atoms with Gasteiger partial charge < -0.3 is 5.73 Å². The zero-order valence-corrected chi connectivity index (χ0v) is 16.6. The number of aromatic nitrogens is 3. The van der Waals surface area contributed by atoms with Gasteiger partial charge >= 0.3 is 0 Å². The number of carbonyl (C=O) groups excluding carboxylic acids is 3. The summed E-state index contributed by atoms with van der Waals surface area (Å²) in [6, 6.07) is 14.2. The van der Waals surface area contributed by atoms with Crippen molar-refractivity contribution in [3.05, 3.63) is 70.9 Å². The first-order chi connectivity index (χ1) is 15.1. The number of imide groups is 1. The van der Waals surface area contributed by atoms with Crippen molar-refractivity contribution >= 4 is 17.7 Å². The predicted octanol–water partition coefficient (Wildman–Crippen LogP) is 2.39. The van der Waals surface area contributed by atoms with Crippen LogP contribution in [0, 0.1) is 11.8 Å². The summed E-state index contributed by atoms with van der Waals surface area (Å²) in [5.41, 5.74) is 8.28. The lowest BCUT2D eigenvalue weighted by Gasteiger charge is -2.12. The Labute approximate surface area is 178 Å². The van der Waals surface area contributed by atoms with Crippen molar-refractivity contribution in [2.24, 2.45) is 5.73 Å². The lowest BCUT2D eigenvalue weighted by Crippen LogP contribution is -2.30. The van der Waals surface area contributed by atoms with Crippen molar-refractivity contribution in [3.63, 3.8) is 0 Å². The van der Waals surface area contributed by atoms with Crippen molar-refractivity contribution in [1.82, 2.24) is 20.3 Å². The minimum atomic E-state index is -0.645. The van der Waals surface area contributed by atoms with Crippen LogP contribution in [0.25, 0.3) is 11.3 Å². The summed E-state index contributed by atoms with van der Waals surface area (Å²) < 4.78 is 0. The monoisotopic (exact) mass is 413 g/mol. The van der Waals surface area contributed by atoms with Crippen molar-refractivity contribution in [1.29, 1.82) is 0 Å². The number of primary amides is 1. The maximum absolute atomic E-state index is 12.3. The normalized spacial score (nSPS) is 12.5. The van der Waals surface area contributed by atoms with E-state index in [0.717, 1.165) is 12.0 Å². The van der Waals surface area contributed by atoms with Crippen LogP contribution < -0.4 is 5.73 Å². The molecule has 0 radical (unpaired) electrons. The van der Waals surface area contributed by atoms with Crippen LogP contribution in [0.2, 0.25) is 0 Å². The summed E-state index contributed by atoms with van der Waals surface area (Å²) in [5, 5.41) is 10.1. The average molecular weight is 413 g/mol. The summed E-state index contributed by atoms with van der Waals surface area (Å²) >= 11 is 0. The van der Waals surface area contributed by atoms with Crippen LogP contribution in [0.1, 0.15) is 56.0 Å². The fourth-order valence-electron chi connectivity index (χ4n) is 3.41. The Balaban J connectivity index is 1.27. The van der Waals surface area contributed by atoms with E-state index < -0.39 is 5.91 Å². The molecule has 0 saturated carbocycles. The summed E-state index contributed by atoms with van der Waals surface area (Å²) in [6.45, 7) is 0.391. The molecule has 31 heavy (non-hydrogen) atoms. The maximum atomic E-state index is 12.3. The molecule has 0 aliphatic carbocycles. The van der Waals surface area contributed by atoms with E-state index in [-0.39, 0.29) is 17.5 Å². The van der Waals surface area contributed by atoms with Crippen molar-refractivity contribution in [2.75, 3.05) is 6.54 Å². The minimum Gasteiger partial charge on any atom is -0.364 e. The maximum Gasteiger partial charge on any atom is 0.271 e. The van der Waals surface area contributed by atoms with Crippen LogP contribution in [-0.2, 0) is 0 Å². The van der Waals surface area contributed by atoms with Gasteiger partial charge in [0.25, 0.3) is 17.7 Å². The zero-order chi connectivity index (χ0) is 21.8. The predicted molar refractivity (Wildman–Crippen MR) is 113 cm³/mol. The highest BCUT2D eigenvalue weighted by Gasteiger charge is 2.34. The van der Waals surface area contributed by atoms with Crippen molar-refractivity contribution in [3.8, 4) is 23.1 Å². The molecule has 3 amide bonds. The van der Waals surface area contributed by atoms with Gasteiger partial charge in [0.05, 0.1) is 11.1 Å². The Bertz CT molecular complexity index is 1180. The second kappa shape index (κ2) is 8.63. The van der Waals surface area contributed by atoms with Crippen LogP contribution in [0.5, 0.6) is 0 Å². The number of carbonyl (C=O) groups is 3. The number of nitrogens with one attached hydrogen (secondary N) is 1. The highest BCUT2D eigenvalue weighted by atomic mass is 16.2. The third-order valence-corrected chi connectivity index (χ3v) is 4.98. The van der Waals surface area contributed by atoms with Gasteiger partial charge in [-0.15, -0.1) is 0 Å². The van der Waals surface area contributed by atoms with E-state index in [9.17, 15) is 14.4 Å². The largest absolute Gasteiger partial charge is 0.364 e. The molecule has 8 heteroatoms. The molecule has 0 spiro atoms. The van der Waals surface area contributed by atoms with Gasteiger partial charge in [0, 0.05) is 24.1 Å². The molecule has 0 saturated heterocycles. The molecule has 4 rings (SSSR count). The number of nitrogens with zero attached hydrogens (tertiary/aromatic N) is 3. The third-order valence-electron chi connectivity index (χ3n) is 4.98. The summed E-state index contributed by atoms with van der Waals surface area (Å²) in [6.07, 6.45) is 2.13. The van der Waals surface area contributed by atoms with E-state index in [0.29, 0.717) is 41.8 Å². The number of H-pyrrole nitrogens is 1. The summed E-state index contributed by atoms with van der Waals surface area (Å²) in [5.74, 6) is 5.09. The fraction of sp³-hybridized carbons (Fsp3) is 0.174. The zero-order valence-electron chi connectivity index (χ0n) is 16.6. The number of unbranched alkanes of at least 4 members (excludes halogenated alkanes) is 2. The van der Waals surface area contributed by atoms with Gasteiger partial charge in [-0.1, -0.05) is 36.1 Å². The van der Waals surface area contributed by atoms with Crippen LogP contribution in [0.4, 0.5) is 0 Å². The number of nitrogens with two attached hydrogens (primary N) is 1. The van der Waals surface area contributed by atoms with Crippen LogP contribution in [-0.4, -0.2) is 44.6 Å². The van der Waals surface area contributed by atoms with Gasteiger partial charge in [0.1, 0.15) is 5.69 Å². The molecule has 1 aromatic heterocycles. The van der Waals surface area contributed by atoms with Crippen LogP contribution in [0.15, 0.2) is 48.5 Å². The first-order valence-corrected chi connectivity index (χ1v) is 9.81. The SMILES string of the molecule is NC(=O)c1n[nH]nc1-c1ccc(C#CCCCCN2C(=O)c3ccccc3C2=O)cc1. The van der Waals surface area contributed by atoms with Gasteiger partial charge in [-0.3, -0.25) is 19.3 Å². The van der Waals surface area contributed by atoms with E-state index in [2.05, 4.69) is 27.3 Å². The second-order valence-corrected chi connectivity index (χ2v) is 7.03. The highest BCUT2D eigenvalue weighted by molar-refractivity contribution is 6.21. The molecule has 0 bridgehead atoms. The molecule has 3 aromatic rings. The average Bonchev–Trinajstić information content (AvgIpc) is 3.36. The molecular formula is C23H19N5O3. The Morgan fingerprint density at radius 3 is 2.29 bits per heavy atom. The first kappa shape index (κ1) is 20.0. The first-order valence-electron chi connectivity index (χ1n) is 9.81. The Morgan fingerprint density at radius 1 is 0.968 bits per heavy atom. The third kappa shape index (κ3) is 4.07. The standard InChI is InChI=1S/C23H19N5O3/c24-21(29)20-19(25-27-26-20)16-12-10-15(11-13-16)7-3-1-2-6-14-28-22(30)17-8-4-5-9-18(17)23(28)31/h4-5,8-13H,1-2,6,14H2,(H2,24,29)(H,25,26,27). The fourth-order valence-corrected chi connectivity index (χ4v) is 3.41. The molecule has 1 aliphatic rings. The highest BCUT2D eigenvalue weighted by Crippen LogP contribution is 2.23. The van der Waals surface area contributed by atoms with E-state index in [1.165, 1.54) is 4.90 Å². The van der Waals surface area contributed by atoms with Crippen LogP contribution in [0.3, 0.4) is 0 Å². The Morgan fingerprint density at radius 2 is 1.65 bits per heavy atom. The second-order valence-electron chi connectivity index (χ2n) is 7.03. The molecular weight excluding hydrogens is 394 g/mol. The van der Waals surface area contributed by atoms with Crippen molar-refractivity contribution < 1.29 is 14.4 Å². The Hall–Kier alpha value is -4.25. The Kier molecular flexibility index (Phi) is 5.58. The molecule has 154 valence electrons. The number of hydrogen-bond acceptors (Lipinski definition) is 5. The van der Waals surface area contributed by atoms with Gasteiger partial charge in [0.15, 0.2) is 5.69 Å². The molecule has 0 atom stereocenters. The molecule has 0 unspecified atom stereocenters. The number of amides is 3. The topological polar surface area (TPSA) is 122 Å². The van der Waals surface area contributed by atoms with Gasteiger partial charge in [-0.25, -0.2) is 0 Å². The van der Waals surface area contributed by atoms with Crippen molar-refractivity contribution in [2.45, 2.75) is 19.3 Å². The lowest BCUT2D eigenvalue weighted by molar-refractivity contribution is 0.0651. The molecule has 2 aromatic carbocycles. The molecule has 8 nitrogen and oxygen atoms in total.